The van der Waals surface area contributed by atoms with Crippen LogP contribution in [0.3, 0.4) is 0 Å². The average molecular weight is 765 g/mol. The van der Waals surface area contributed by atoms with Crippen LogP contribution in [-0.4, -0.2) is 0 Å². The summed E-state index contributed by atoms with van der Waals surface area (Å²) in [5.41, 5.74) is 20.9. The van der Waals surface area contributed by atoms with Crippen molar-refractivity contribution in [2.75, 3.05) is 0 Å². The van der Waals surface area contributed by atoms with E-state index in [0.717, 1.165) is 0 Å². The lowest BCUT2D eigenvalue weighted by molar-refractivity contribution is 0.660. The van der Waals surface area contributed by atoms with E-state index in [-0.39, 0.29) is 10.8 Å². The van der Waals surface area contributed by atoms with E-state index < -0.39 is 0 Å². The van der Waals surface area contributed by atoms with Gasteiger partial charge in [-0.05, 0) is 146 Å². The van der Waals surface area contributed by atoms with Gasteiger partial charge < -0.3 is 0 Å². The van der Waals surface area contributed by atoms with Crippen molar-refractivity contribution in [3.63, 3.8) is 0 Å². The molecule has 0 nitrogen and oxygen atoms in total. The maximum Gasteiger partial charge on any atom is 0.0159 e. The van der Waals surface area contributed by atoms with E-state index in [2.05, 4.69) is 222 Å². The summed E-state index contributed by atoms with van der Waals surface area (Å²) >= 11 is 0. The molecule has 0 bridgehead atoms. The van der Waals surface area contributed by atoms with Gasteiger partial charge in [0, 0.05) is 10.8 Å². The van der Waals surface area contributed by atoms with Crippen molar-refractivity contribution < 1.29 is 0 Å². The molecule has 0 N–H and O–H groups in total. The molecule has 12 rings (SSSR count). The molecule has 60 heavy (non-hydrogen) atoms. The minimum Gasteiger partial charge on any atom is -0.0619 e. The smallest absolute Gasteiger partial charge is 0.0159 e. The Bertz CT molecular complexity index is 3200. The van der Waals surface area contributed by atoms with Crippen molar-refractivity contribution in [3.8, 4) is 66.8 Å². The Morgan fingerprint density at radius 1 is 0.250 bits per heavy atom. The summed E-state index contributed by atoms with van der Waals surface area (Å²) in [6, 6.07) is 73.1. The highest BCUT2D eigenvalue weighted by molar-refractivity contribution is 6.26. The summed E-state index contributed by atoms with van der Waals surface area (Å²) in [5.74, 6) is 0. The Labute approximate surface area is 352 Å². The van der Waals surface area contributed by atoms with Crippen LogP contribution >= 0.6 is 0 Å². The maximum absolute atomic E-state index is 2.47. The summed E-state index contributed by atoms with van der Waals surface area (Å²) in [6.07, 6.45) is 0. The lowest BCUT2D eigenvalue weighted by Gasteiger charge is -2.23. The van der Waals surface area contributed by atoms with Crippen molar-refractivity contribution in [3.05, 3.63) is 216 Å². The number of hydrogen-bond donors (Lipinski definition) is 0. The first-order chi connectivity index (χ1) is 29.3. The molecular weight excluding hydrogens is 721 g/mol. The fourth-order valence-corrected chi connectivity index (χ4v) is 11.1. The van der Waals surface area contributed by atoms with Gasteiger partial charge >= 0.3 is 0 Å². The largest absolute Gasteiger partial charge is 0.0619 e. The summed E-state index contributed by atoms with van der Waals surface area (Å²) in [6.45, 7) is 9.48. The Kier molecular flexibility index (Phi) is 7.42. The lowest BCUT2D eigenvalue weighted by Crippen LogP contribution is -2.14. The Morgan fingerprint density at radius 3 is 1.02 bits per heavy atom. The highest BCUT2D eigenvalue weighted by Gasteiger charge is 2.36. The second-order valence-electron chi connectivity index (χ2n) is 18.0. The maximum atomic E-state index is 2.47. The fraction of sp³-hybridized carbons (Fsp3) is 0.100. The van der Waals surface area contributed by atoms with Crippen LogP contribution in [-0.2, 0) is 10.8 Å². The summed E-state index contributed by atoms with van der Waals surface area (Å²) in [5, 5.41) is 7.65. The van der Waals surface area contributed by atoms with Gasteiger partial charge in [-0.15, -0.1) is 0 Å². The predicted molar refractivity (Wildman–Crippen MR) is 256 cm³/mol. The second kappa shape index (κ2) is 12.7. The van der Waals surface area contributed by atoms with Crippen molar-refractivity contribution in [2.45, 2.75) is 38.5 Å². The third-order valence-electron chi connectivity index (χ3n) is 14.1. The van der Waals surface area contributed by atoms with Crippen LogP contribution in [0.5, 0.6) is 0 Å². The standard InChI is InChI=1S/C60H44/c1-59(2)54-27-15-13-23-46(54)48-31-29-37(35-56(48)59)40-17-5-7-19-42(40)52-33-39-34-53(45-22-10-12-26-51(45)58(39)50-25-11-9-21-44(50)52)43-20-8-6-18-41(43)38-30-32-49-47-24-14-16-28-55(47)60(3,4)57(49)36-38/h5-36H,1-4H3. The molecule has 0 radical (unpaired) electrons. The van der Waals surface area contributed by atoms with Gasteiger partial charge in [-0.3, -0.25) is 0 Å². The van der Waals surface area contributed by atoms with Crippen molar-refractivity contribution in [1.29, 1.82) is 0 Å². The SMILES string of the molecule is CC1(C)c2ccccc2-c2ccc(-c3ccccc3-c3cc4cc(-c5ccccc5-c5ccc6c(c5)C(C)(C)c5ccccc5-6)c5ccccc5c4c4ccccc34)cc21. The molecule has 0 heterocycles. The number of rotatable bonds is 4. The molecule has 10 aromatic carbocycles. The van der Waals surface area contributed by atoms with Crippen LogP contribution < -0.4 is 0 Å². The van der Waals surface area contributed by atoms with E-state index in [1.807, 2.05) is 0 Å². The molecule has 0 aromatic heterocycles. The first-order valence-corrected chi connectivity index (χ1v) is 21.3. The molecule has 10 aromatic rings. The first-order valence-electron chi connectivity index (χ1n) is 21.3. The molecule has 0 heteroatoms. The van der Waals surface area contributed by atoms with E-state index in [4.69, 9.17) is 0 Å². The van der Waals surface area contributed by atoms with Crippen molar-refractivity contribution >= 4 is 32.3 Å². The van der Waals surface area contributed by atoms with E-state index in [1.54, 1.807) is 0 Å². The zero-order chi connectivity index (χ0) is 40.3. The second-order valence-corrected chi connectivity index (χ2v) is 18.0. The lowest BCUT2D eigenvalue weighted by atomic mass is 9.80. The first kappa shape index (κ1) is 35.0. The Hall–Kier alpha value is -7.02. The van der Waals surface area contributed by atoms with Gasteiger partial charge in [-0.1, -0.05) is 198 Å². The molecule has 0 saturated heterocycles. The molecule has 0 spiro atoms. The zero-order valence-corrected chi connectivity index (χ0v) is 34.5. The molecule has 0 amide bonds. The van der Waals surface area contributed by atoms with Crippen LogP contribution in [0.15, 0.2) is 194 Å². The zero-order valence-electron chi connectivity index (χ0n) is 34.5. The Balaban J connectivity index is 1.07. The third-order valence-corrected chi connectivity index (χ3v) is 14.1. The van der Waals surface area contributed by atoms with E-state index in [9.17, 15) is 0 Å². The predicted octanol–water partition coefficient (Wildman–Crippen LogP) is 16.4. The monoisotopic (exact) mass is 764 g/mol. The van der Waals surface area contributed by atoms with Crippen molar-refractivity contribution in [2.24, 2.45) is 0 Å². The van der Waals surface area contributed by atoms with Crippen LogP contribution in [0.2, 0.25) is 0 Å². The fourth-order valence-electron chi connectivity index (χ4n) is 11.1. The van der Waals surface area contributed by atoms with Crippen LogP contribution in [0.4, 0.5) is 0 Å². The van der Waals surface area contributed by atoms with Gasteiger partial charge in [-0.25, -0.2) is 0 Å². The molecular formula is C60H44. The van der Waals surface area contributed by atoms with Gasteiger partial charge in [0.05, 0.1) is 0 Å². The highest BCUT2D eigenvalue weighted by Crippen LogP contribution is 2.52. The van der Waals surface area contributed by atoms with Gasteiger partial charge in [0.15, 0.2) is 0 Å². The molecule has 2 aliphatic rings. The molecule has 0 aliphatic heterocycles. The quantitative estimate of drug-likeness (QED) is 0.157. The van der Waals surface area contributed by atoms with Gasteiger partial charge in [-0.2, -0.15) is 0 Å². The third kappa shape index (κ3) is 4.91. The van der Waals surface area contributed by atoms with Crippen molar-refractivity contribution in [1.82, 2.24) is 0 Å². The van der Waals surface area contributed by atoms with Gasteiger partial charge in [0.2, 0.25) is 0 Å². The number of fused-ring (bicyclic) bond motifs is 11. The minimum atomic E-state index is -0.0682. The topological polar surface area (TPSA) is 0 Å². The van der Waals surface area contributed by atoms with Crippen LogP contribution in [0.1, 0.15) is 49.9 Å². The Morgan fingerprint density at radius 2 is 0.583 bits per heavy atom. The van der Waals surface area contributed by atoms with E-state index >= 15 is 0 Å². The van der Waals surface area contributed by atoms with Crippen LogP contribution in [0, 0.1) is 0 Å². The summed E-state index contributed by atoms with van der Waals surface area (Å²) in [7, 11) is 0. The summed E-state index contributed by atoms with van der Waals surface area (Å²) in [4.78, 5) is 0. The van der Waals surface area contributed by atoms with Gasteiger partial charge in [0.1, 0.15) is 0 Å². The summed E-state index contributed by atoms with van der Waals surface area (Å²) < 4.78 is 0. The molecule has 0 fully saturated rings. The molecule has 0 saturated carbocycles. The van der Waals surface area contributed by atoms with E-state index in [1.165, 1.54) is 121 Å². The van der Waals surface area contributed by atoms with E-state index in [0.29, 0.717) is 0 Å². The highest BCUT2D eigenvalue weighted by atomic mass is 14.4. The normalized spacial score (nSPS) is 14.3. The molecule has 0 atom stereocenters. The number of benzene rings is 10. The minimum absolute atomic E-state index is 0.0682. The van der Waals surface area contributed by atoms with Crippen LogP contribution in [0.25, 0.3) is 99.1 Å². The van der Waals surface area contributed by atoms with Gasteiger partial charge in [0.25, 0.3) is 0 Å². The number of hydrogen-bond acceptors (Lipinski definition) is 0. The molecule has 0 unspecified atom stereocenters. The molecule has 284 valence electrons. The molecule has 2 aliphatic carbocycles. The average Bonchev–Trinajstić information content (AvgIpc) is 3.67.